The Balaban J connectivity index is 1.98. The molecule has 0 radical (unpaired) electrons. The fourth-order valence-electron chi connectivity index (χ4n) is 1.88. The van der Waals surface area contributed by atoms with Crippen molar-refractivity contribution < 1.29 is 4.39 Å². The molecule has 0 aliphatic heterocycles. The van der Waals surface area contributed by atoms with Crippen LogP contribution in [-0.4, -0.2) is 11.8 Å². The first-order chi connectivity index (χ1) is 10.1. The molecule has 3 N–H and O–H groups in total. The summed E-state index contributed by atoms with van der Waals surface area (Å²) >= 11 is 10.9. The third kappa shape index (κ3) is 5.27. The first-order valence-corrected chi connectivity index (χ1v) is 8.52. The molecule has 2 aromatic carbocycles. The van der Waals surface area contributed by atoms with Crippen LogP contribution in [0.15, 0.2) is 51.8 Å². The highest BCUT2D eigenvalue weighted by Gasteiger charge is 2.12. The van der Waals surface area contributed by atoms with Gasteiger partial charge in [-0.2, -0.15) is 0 Å². The summed E-state index contributed by atoms with van der Waals surface area (Å²) in [5.41, 5.74) is 3.38. The minimum Gasteiger partial charge on any atom is -0.271 e. The van der Waals surface area contributed by atoms with E-state index in [1.807, 2.05) is 24.3 Å². The highest BCUT2D eigenvalue weighted by Crippen LogP contribution is 2.24. The molecular formula is C15H15BrClFN2S. The molecule has 2 rings (SSSR count). The summed E-state index contributed by atoms with van der Waals surface area (Å²) in [4.78, 5) is 1.07. The monoisotopic (exact) mass is 388 g/mol. The van der Waals surface area contributed by atoms with Crippen molar-refractivity contribution in [3.63, 3.8) is 0 Å². The lowest BCUT2D eigenvalue weighted by Gasteiger charge is -2.16. The van der Waals surface area contributed by atoms with Gasteiger partial charge in [-0.1, -0.05) is 33.6 Å². The van der Waals surface area contributed by atoms with Crippen LogP contribution in [0.2, 0.25) is 5.02 Å². The topological polar surface area (TPSA) is 38.0 Å². The molecule has 2 nitrogen and oxygen atoms in total. The number of hydrogen-bond donors (Lipinski definition) is 2. The van der Waals surface area contributed by atoms with E-state index in [2.05, 4.69) is 21.4 Å². The first kappa shape index (κ1) is 16.8. The Bertz CT molecular complexity index is 612. The zero-order valence-corrected chi connectivity index (χ0v) is 14.3. The van der Waals surface area contributed by atoms with Gasteiger partial charge < -0.3 is 0 Å². The number of benzene rings is 2. The molecule has 0 aliphatic carbocycles. The highest BCUT2D eigenvalue weighted by atomic mass is 79.9. The molecule has 1 unspecified atom stereocenters. The van der Waals surface area contributed by atoms with Gasteiger partial charge in [-0.05, 0) is 48.4 Å². The Kier molecular flexibility index (Phi) is 6.51. The minimum absolute atomic E-state index is 0.0298. The minimum atomic E-state index is -0.216. The van der Waals surface area contributed by atoms with Crippen molar-refractivity contribution in [1.29, 1.82) is 0 Å². The maximum Gasteiger partial charge on any atom is 0.126 e. The lowest BCUT2D eigenvalue weighted by atomic mass is 10.1. The van der Waals surface area contributed by atoms with Crippen LogP contribution in [0.1, 0.15) is 5.56 Å². The van der Waals surface area contributed by atoms with E-state index in [9.17, 15) is 4.39 Å². The average Bonchev–Trinajstić information content (AvgIpc) is 2.47. The van der Waals surface area contributed by atoms with Gasteiger partial charge >= 0.3 is 0 Å². The fourth-order valence-corrected chi connectivity index (χ4v) is 3.54. The molecule has 2 aromatic rings. The number of rotatable bonds is 6. The van der Waals surface area contributed by atoms with Gasteiger partial charge in [0.05, 0.1) is 0 Å². The molecule has 0 fully saturated rings. The molecule has 0 aromatic heterocycles. The number of halogens is 3. The summed E-state index contributed by atoms with van der Waals surface area (Å²) in [6.07, 6.45) is 0.523. The zero-order valence-electron chi connectivity index (χ0n) is 11.2. The summed E-state index contributed by atoms with van der Waals surface area (Å²) in [7, 11) is 0. The summed E-state index contributed by atoms with van der Waals surface area (Å²) in [6.45, 7) is 0. The maximum absolute atomic E-state index is 13.8. The zero-order chi connectivity index (χ0) is 15.2. The van der Waals surface area contributed by atoms with Crippen LogP contribution < -0.4 is 11.3 Å². The van der Waals surface area contributed by atoms with Crippen molar-refractivity contribution >= 4 is 39.3 Å². The van der Waals surface area contributed by atoms with Crippen molar-refractivity contribution in [3.05, 3.63) is 63.3 Å². The number of hydrazine groups is 1. The normalized spacial score (nSPS) is 12.4. The molecule has 1 atom stereocenters. The summed E-state index contributed by atoms with van der Waals surface area (Å²) in [5, 5.41) is 0.704. The van der Waals surface area contributed by atoms with Gasteiger partial charge in [-0.3, -0.25) is 11.3 Å². The molecule has 0 saturated heterocycles. The van der Waals surface area contributed by atoms with Crippen LogP contribution >= 0.6 is 39.3 Å². The Labute approximate surface area is 141 Å². The van der Waals surface area contributed by atoms with Crippen molar-refractivity contribution in [2.24, 2.45) is 5.84 Å². The second kappa shape index (κ2) is 8.15. The Morgan fingerprint density at radius 2 is 2.10 bits per heavy atom. The summed E-state index contributed by atoms with van der Waals surface area (Å²) in [6, 6.07) is 12.5. The molecule has 21 heavy (non-hydrogen) atoms. The quantitative estimate of drug-likeness (QED) is 0.437. The van der Waals surface area contributed by atoms with Crippen LogP contribution in [0.5, 0.6) is 0 Å². The summed E-state index contributed by atoms with van der Waals surface area (Å²) < 4.78 is 14.6. The van der Waals surface area contributed by atoms with E-state index in [4.69, 9.17) is 17.4 Å². The lowest BCUT2D eigenvalue weighted by molar-refractivity contribution is 0.546. The molecule has 0 heterocycles. The Morgan fingerprint density at radius 1 is 1.29 bits per heavy atom. The number of nitrogens with one attached hydrogen (secondary N) is 1. The Morgan fingerprint density at radius 3 is 2.81 bits per heavy atom. The van der Waals surface area contributed by atoms with Crippen LogP contribution in [0.3, 0.4) is 0 Å². The van der Waals surface area contributed by atoms with Crippen LogP contribution in [0, 0.1) is 5.82 Å². The third-order valence-corrected chi connectivity index (χ3v) is 4.84. The molecule has 0 saturated carbocycles. The van der Waals surface area contributed by atoms with Crippen LogP contribution in [0.4, 0.5) is 4.39 Å². The van der Waals surface area contributed by atoms with Crippen molar-refractivity contribution in [2.75, 3.05) is 5.75 Å². The molecule has 112 valence electrons. The standard InChI is InChI=1S/C15H15BrClFN2S/c16-11-4-5-15(18)10(6-11)7-13(20-19)9-21-14-3-1-2-12(17)8-14/h1-6,8,13,20H,7,9,19H2. The SMILES string of the molecule is NNC(CSc1cccc(Cl)c1)Cc1cc(Br)ccc1F. The van der Waals surface area contributed by atoms with Crippen molar-refractivity contribution in [1.82, 2.24) is 5.43 Å². The lowest BCUT2D eigenvalue weighted by Crippen LogP contribution is -2.38. The molecule has 0 amide bonds. The largest absolute Gasteiger partial charge is 0.271 e. The third-order valence-electron chi connectivity index (χ3n) is 2.96. The van der Waals surface area contributed by atoms with Gasteiger partial charge in [0.2, 0.25) is 0 Å². The molecule has 6 heteroatoms. The predicted octanol–water partition coefficient (Wildman–Crippen LogP) is 4.41. The predicted molar refractivity (Wildman–Crippen MR) is 91.1 cm³/mol. The van der Waals surface area contributed by atoms with E-state index < -0.39 is 0 Å². The number of hydrogen-bond acceptors (Lipinski definition) is 3. The van der Waals surface area contributed by atoms with Gasteiger partial charge in [-0.15, -0.1) is 11.8 Å². The second-order valence-electron chi connectivity index (χ2n) is 4.57. The molecule has 0 bridgehead atoms. The second-order valence-corrected chi connectivity index (χ2v) is 7.02. The smallest absolute Gasteiger partial charge is 0.126 e. The molecule has 0 aliphatic rings. The van der Waals surface area contributed by atoms with E-state index in [1.54, 1.807) is 23.9 Å². The van der Waals surface area contributed by atoms with Crippen molar-refractivity contribution in [3.8, 4) is 0 Å². The number of thioether (sulfide) groups is 1. The van der Waals surface area contributed by atoms with E-state index in [0.29, 0.717) is 17.0 Å². The van der Waals surface area contributed by atoms with E-state index in [0.717, 1.165) is 15.1 Å². The molecular weight excluding hydrogens is 375 g/mol. The van der Waals surface area contributed by atoms with Gasteiger partial charge in [0.1, 0.15) is 5.82 Å². The maximum atomic E-state index is 13.8. The Hall–Kier alpha value is -0.590. The highest BCUT2D eigenvalue weighted by molar-refractivity contribution is 9.10. The van der Waals surface area contributed by atoms with Gasteiger partial charge in [-0.25, -0.2) is 4.39 Å². The summed E-state index contributed by atoms with van der Waals surface area (Å²) in [5.74, 6) is 6.09. The van der Waals surface area contributed by atoms with Crippen LogP contribution in [-0.2, 0) is 6.42 Å². The van der Waals surface area contributed by atoms with E-state index in [-0.39, 0.29) is 11.9 Å². The molecule has 0 spiro atoms. The van der Waals surface area contributed by atoms with Gasteiger partial charge in [0.15, 0.2) is 0 Å². The van der Waals surface area contributed by atoms with Gasteiger partial charge in [0, 0.05) is 26.2 Å². The average molecular weight is 390 g/mol. The van der Waals surface area contributed by atoms with Crippen LogP contribution in [0.25, 0.3) is 0 Å². The van der Waals surface area contributed by atoms with Crippen molar-refractivity contribution in [2.45, 2.75) is 17.4 Å². The van der Waals surface area contributed by atoms with E-state index in [1.165, 1.54) is 6.07 Å². The van der Waals surface area contributed by atoms with E-state index >= 15 is 0 Å². The fraction of sp³-hybridized carbons (Fsp3) is 0.200. The van der Waals surface area contributed by atoms with Gasteiger partial charge in [0.25, 0.3) is 0 Å². The number of nitrogens with two attached hydrogens (primary N) is 1. The first-order valence-electron chi connectivity index (χ1n) is 6.37.